The summed E-state index contributed by atoms with van der Waals surface area (Å²) in [6, 6.07) is 5.55. The highest BCUT2D eigenvalue weighted by Gasteiger charge is 2.14. The van der Waals surface area contributed by atoms with Crippen molar-refractivity contribution in [1.82, 2.24) is 5.32 Å². The second-order valence-corrected chi connectivity index (χ2v) is 4.35. The van der Waals surface area contributed by atoms with Gasteiger partial charge in [0.1, 0.15) is 0 Å². The van der Waals surface area contributed by atoms with Crippen LogP contribution in [0, 0.1) is 0 Å². The number of halogens is 2. The molecular weight excluding hydrogens is 229 g/mol. The fraction of sp³-hybridized carbons (Fsp3) is 0.333. The molecule has 1 aromatic carbocycles. The summed E-state index contributed by atoms with van der Waals surface area (Å²) in [6.45, 7) is 8.85. The summed E-state index contributed by atoms with van der Waals surface area (Å²) in [5.74, 6) is 0. The molecular formula is C12H15Cl2N. The number of rotatable bonds is 4. The average Bonchev–Trinajstić information content (AvgIpc) is 2.18. The fourth-order valence-electron chi connectivity index (χ4n) is 1.49. The number of likely N-dealkylation sites (N-methyl/N-ethyl adjacent to an activating group) is 1. The lowest BCUT2D eigenvalue weighted by Crippen LogP contribution is -2.21. The van der Waals surface area contributed by atoms with E-state index in [-0.39, 0.29) is 6.04 Å². The molecule has 0 saturated carbocycles. The van der Waals surface area contributed by atoms with E-state index in [4.69, 9.17) is 23.2 Å². The molecule has 0 spiro atoms. The van der Waals surface area contributed by atoms with Gasteiger partial charge in [-0.15, -0.1) is 0 Å². The predicted octanol–water partition coefficient (Wildman–Crippen LogP) is 4.22. The SMILES string of the molecule is C=C(C)C(NCC)c1cc(Cl)ccc1Cl. The second kappa shape index (κ2) is 5.55. The van der Waals surface area contributed by atoms with Gasteiger partial charge in [0.25, 0.3) is 0 Å². The van der Waals surface area contributed by atoms with Crippen LogP contribution in [0.25, 0.3) is 0 Å². The molecule has 1 aromatic rings. The van der Waals surface area contributed by atoms with Crippen molar-refractivity contribution in [3.63, 3.8) is 0 Å². The van der Waals surface area contributed by atoms with E-state index in [1.807, 2.05) is 26.0 Å². The first-order valence-electron chi connectivity index (χ1n) is 4.90. The summed E-state index contributed by atoms with van der Waals surface area (Å²) in [6.07, 6.45) is 0. The molecule has 1 N–H and O–H groups in total. The van der Waals surface area contributed by atoms with Gasteiger partial charge in [0.2, 0.25) is 0 Å². The molecule has 1 rings (SSSR count). The zero-order valence-electron chi connectivity index (χ0n) is 8.98. The Balaban J connectivity index is 3.09. The van der Waals surface area contributed by atoms with Crippen LogP contribution in [-0.2, 0) is 0 Å². The second-order valence-electron chi connectivity index (χ2n) is 3.50. The van der Waals surface area contributed by atoms with Crippen molar-refractivity contribution >= 4 is 23.2 Å². The van der Waals surface area contributed by atoms with E-state index in [0.717, 1.165) is 17.7 Å². The van der Waals surface area contributed by atoms with Crippen molar-refractivity contribution in [1.29, 1.82) is 0 Å². The van der Waals surface area contributed by atoms with E-state index >= 15 is 0 Å². The highest BCUT2D eigenvalue weighted by molar-refractivity contribution is 6.33. The first kappa shape index (κ1) is 12.6. The van der Waals surface area contributed by atoms with Crippen LogP contribution >= 0.6 is 23.2 Å². The average molecular weight is 244 g/mol. The van der Waals surface area contributed by atoms with Gasteiger partial charge in [-0.1, -0.05) is 42.3 Å². The van der Waals surface area contributed by atoms with Crippen LogP contribution in [0.5, 0.6) is 0 Å². The van der Waals surface area contributed by atoms with Crippen LogP contribution in [0.2, 0.25) is 10.0 Å². The van der Waals surface area contributed by atoms with Crippen LogP contribution in [-0.4, -0.2) is 6.54 Å². The van der Waals surface area contributed by atoms with Crippen molar-refractivity contribution in [2.75, 3.05) is 6.54 Å². The standard InChI is InChI=1S/C12H15Cl2N/c1-4-15-12(8(2)3)10-7-9(13)5-6-11(10)14/h5-7,12,15H,2,4H2,1,3H3. The van der Waals surface area contributed by atoms with Crippen LogP contribution in [0.4, 0.5) is 0 Å². The highest BCUT2D eigenvalue weighted by atomic mass is 35.5. The van der Waals surface area contributed by atoms with Crippen LogP contribution in [0.1, 0.15) is 25.5 Å². The van der Waals surface area contributed by atoms with Gasteiger partial charge in [0.05, 0.1) is 6.04 Å². The molecule has 0 heterocycles. The number of nitrogens with one attached hydrogen (secondary N) is 1. The monoisotopic (exact) mass is 243 g/mol. The Kier molecular flexibility index (Phi) is 4.65. The summed E-state index contributed by atoms with van der Waals surface area (Å²) in [7, 11) is 0. The van der Waals surface area contributed by atoms with Crippen molar-refractivity contribution in [3.05, 3.63) is 46.0 Å². The highest BCUT2D eigenvalue weighted by Crippen LogP contribution is 2.29. The van der Waals surface area contributed by atoms with Gasteiger partial charge in [-0.25, -0.2) is 0 Å². The van der Waals surface area contributed by atoms with Gasteiger partial charge in [-0.3, -0.25) is 0 Å². The molecule has 1 unspecified atom stereocenters. The Morgan fingerprint density at radius 3 is 2.67 bits per heavy atom. The minimum absolute atomic E-state index is 0.0706. The van der Waals surface area contributed by atoms with Gasteiger partial charge in [0.15, 0.2) is 0 Å². The van der Waals surface area contributed by atoms with E-state index in [2.05, 4.69) is 11.9 Å². The maximum absolute atomic E-state index is 6.13. The zero-order valence-corrected chi connectivity index (χ0v) is 10.5. The van der Waals surface area contributed by atoms with Gasteiger partial charge in [-0.05, 0) is 37.2 Å². The molecule has 15 heavy (non-hydrogen) atoms. The summed E-state index contributed by atoms with van der Waals surface area (Å²) < 4.78 is 0. The predicted molar refractivity (Wildman–Crippen MR) is 67.7 cm³/mol. The molecule has 0 aliphatic heterocycles. The summed E-state index contributed by atoms with van der Waals surface area (Å²) >= 11 is 12.1. The van der Waals surface area contributed by atoms with Crippen LogP contribution < -0.4 is 5.32 Å². The van der Waals surface area contributed by atoms with E-state index in [0.29, 0.717) is 10.0 Å². The Morgan fingerprint density at radius 2 is 2.13 bits per heavy atom. The van der Waals surface area contributed by atoms with E-state index in [9.17, 15) is 0 Å². The lowest BCUT2D eigenvalue weighted by molar-refractivity contribution is 0.622. The van der Waals surface area contributed by atoms with E-state index in [1.54, 1.807) is 6.07 Å². The summed E-state index contributed by atoms with van der Waals surface area (Å²) in [5.41, 5.74) is 2.01. The zero-order chi connectivity index (χ0) is 11.4. The lowest BCUT2D eigenvalue weighted by Gasteiger charge is -2.19. The van der Waals surface area contributed by atoms with Gasteiger partial charge in [0, 0.05) is 10.0 Å². The molecule has 0 aliphatic rings. The van der Waals surface area contributed by atoms with Crippen LogP contribution in [0.15, 0.2) is 30.4 Å². The molecule has 0 radical (unpaired) electrons. The lowest BCUT2D eigenvalue weighted by atomic mass is 10.0. The summed E-state index contributed by atoms with van der Waals surface area (Å²) in [4.78, 5) is 0. The summed E-state index contributed by atoms with van der Waals surface area (Å²) in [5, 5.41) is 4.73. The molecule has 1 atom stereocenters. The normalized spacial score (nSPS) is 12.5. The largest absolute Gasteiger partial charge is 0.307 e. The first-order chi connectivity index (χ1) is 7.06. The van der Waals surface area contributed by atoms with Crippen molar-refractivity contribution in [3.8, 4) is 0 Å². The smallest absolute Gasteiger partial charge is 0.0545 e. The number of hydrogen-bond donors (Lipinski definition) is 1. The Hall–Kier alpha value is -0.500. The number of hydrogen-bond acceptors (Lipinski definition) is 1. The van der Waals surface area contributed by atoms with Crippen LogP contribution in [0.3, 0.4) is 0 Å². The van der Waals surface area contributed by atoms with Gasteiger partial charge >= 0.3 is 0 Å². The molecule has 0 aliphatic carbocycles. The van der Waals surface area contributed by atoms with E-state index in [1.165, 1.54) is 0 Å². The molecule has 82 valence electrons. The topological polar surface area (TPSA) is 12.0 Å². The molecule has 0 bridgehead atoms. The molecule has 0 fully saturated rings. The third kappa shape index (κ3) is 3.23. The first-order valence-corrected chi connectivity index (χ1v) is 5.65. The molecule has 3 heteroatoms. The third-order valence-electron chi connectivity index (χ3n) is 2.17. The maximum Gasteiger partial charge on any atom is 0.0545 e. The Morgan fingerprint density at radius 1 is 1.47 bits per heavy atom. The number of benzene rings is 1. The minimum atomic E-state index is 0.0706. The molecule has 1 nitrogen and oxygen atoms in total. The quantitative estimate of drug-likeness (QED) is 0.782. The minimum Gasteiger partial charge on any atom is -0.307 e. The van der Waals surface area contributed by atoms with Crippen molar-refractivity contribution < 1.29 is 0 Å². The molecule has 0 saturated heterocycles. The Labute approximate surface area is 101 Å². The molecule has 0 aromatic heterocycles. The Bertz CT molecular complexity index is 361. The van der Waals surface area contributed by atoms with Gasteiger partial charge < -0.3 is 5.32 Å². The molecule has 0 amide bonds. The van der Waals surface area contributed by atoms with Gasteiger partial charge in [-0.2, -0.15) is 0 Å². The van der Waals surface area contributed by atoms with Crippen molar-refractivity contribution in [2.24, 2.45) is 0 Å². The fourth-order valence-corrected chi connectivity index (χ4v) is 1.90. The van der Waals surface area contributed by atoms with E-state index < -0.39 is 0 Å². The maximum atomic E-state index is 6.13. The van der Waals surface area contributed by atoms with Crippen molar-refractivity contribution in [2.45, 2.75) is 19.9 Å². The third-order valence-corrected chi connectivity index (χ3v) is 2.75.